The number of hydrogen-bond acceptors (Lipinski definition) is 2. The number of benzene rings is 2. The lowest BCUT2D eigenvalue weighted by Gasteiger charge is -2.23. The van der Waals surface area contributed by atoms with Crippen LogP contribution in [0.3, 0.4) is 0 Å². The molecule has 21 heavy (non-hydrogen) atoms. The zero-order chi connectivity index (χ0) is 15.2. The summed E-state index contributed by atoms with van der Waals surface area (Å²) in [6.07, 6.45) is -1.90. The van der Waals surface area contributed by atoms with Crippen molar-refractivity contribution in [2.24, 2.45) is 0 Å². The van der Waals surface area contributed by atoms with E-state index in [4.69, 9.17) is 11.6 Å². The second-order valence-electron chi connectivity index (χ2n) is 6.14. The van der Waals surface area contributed by atoms with E-state index in [0.29, 0.717) is 5.56 Å². The van der Waals surface area contributed by atoms with Crippen LogP contribution in [0, 0.1) is 0 Å². The number of alkyl halides is 1. The monoisotopic (exact) mass is 302 g/mol. The van der Waals surface area contributed by atoms with Crippen molar-refractivity contribution in [1.29, 1.82) is 0 Å². The van der Waals surface area contributed by atoms with Gasteiger partial charge >= 0.3 is 0 Å². The third-order valence-corrected chi connectivity index (χ3v) is 4.79. The van der Waals surface area contributed by atoms with Gasteiger partial charge in [-0.15, -0.1) is 11.6 Å². The molecule has 1 aliphatic carbocycles. The number of hydrogen-bond donors (Lipinski definition) is 2. The van der Waals surface area contributed by atoms with Crippen LogP contribution in [0.2, 0.25) is 0 Å². The average molecular weight is 303 g/mol. The molecule has 2 aromatic carbocycles. The molecule has 2 atom stereocenters. The van der Waals surface area contributed by atoms with Crippen LogP contribution >= 0.6 is 11.6 Å². The minimum Gasteiger partial charge on any atom is -0.389 e. The Kier molecular flexibility index (Phi) is 3.56. The summed E-state index contributed by atoms with van der Waals surface area (Å²) in [5.74, 6) is 0.0157. The molecule has 1 aliphatic rings. The summed E-state index contributed by atoms with van der Waals surface area (Å²) in [6, 6.07) is 14.3. The van der Waals surface area contributed by atoms with Gasteiger partial charge in [0.25, 0.3) is 0 Å². The molecule has 3 rings (SSSR count). The molecule has 2 unspecified atom stereocenters. The predicted octanol–water partition coefficient (Wildman–Crippen LogP) is 3.63. The molecular formula is C18H19ClO2. The fourth-order valence-electron chi connectivity index (χ4n) is 3.21. The highest BCUT2D eigenvalue weighted by Crippen LogP contribution is 2.49. The van der Waals surface area contributed by atoms with Gasteiger partial charge in [0.1, 0.15) is 6.10 Å². The van der Waals surface area contributed by atoms with Gasteiger partial charge in [0.05, 0.1) is 12.0 Å². The van der Waals surface area contributed by atoms with E-state index in [-0.39, 0.29) is 11.3 Å². The lowest BCUT2D eigenvalue weighted by atomic mass is 9.81. The van der Waals surface area contributed by atoms with E-state index in [2.05, 4.69) is 32.0 Å². The molecule has 2 N–H and O–H groups in total. The van der Waals surface area contributed by atoms with Crippen molar-refractivity contribution in [3.8, 4) is 11.1 Å². The molecule has 0 saturated carbocycles. The molecule has 2 nitrogen and oxygen atoms in total. The van der Waals surface area contributed by atoms with E-state index in [1.807, 2.05) is 24.3 Å². The number of fused-ring (bicyclic) bond motifs is 3. The van der Waals surface area contributed by atoms with Crippen molar-refractivity contribution in [2.45, 2.75) is 31.5 Å². The van der Waals surface area contributed by atoms with Crippen LogP contribution in [-0.2, 0) is 5.41 Å². The van der Waals surface area contributed by atoms with Gasteiger partial charge in [-0.25, -0.2) is 0 Å². The zero-order valence-corrected chi connectivity index (χ0v) is 12.9. The molecule has 110 valence electrons. The quantitative estimate of drug-likeness (QED) is 0.850. The van der Waals surface area contributed by atoms with Gasteiger partial charge in [-0.2, -0.15) is 0 Å². The summed E-state index contributed by atoms with van der Waals surface area (Å²) in [5.41, 5.74) is 5.53. The van der Waals surface area contributed by atoms with Gasteiger partial charge in [-0.05, 0) is 27.8 Å². The minimum atomic E-state index is -0.952. The molecule has 0 spiro atoms. The summed E-state index contributed by atoms with van der Waals surface area (Å²) in [6.45, 7) is 4.37. The Hall–Kier alpha value is -1.35. The third kappa shape index (κ3) is 2.18. The van der Waals surface area contributed by atoms with Crippen LogP contribution in [0.4, 0.5) is 0 Å². The molecule has 0 heterocycles. The van der Waals surface area contributed by atoms with Crippen molar-refractivity contribution < 1.29 is 10.2 Å². The number of halogens is 1. The Morgan fingerprint density at radius 3 is 2.38 bits per heavy atom. The lowest BCUT2D eigenvalue weighted by molar-refractivity contribution is 0.0326. The van der Waals surface area contributed by atoms with Gasteiger partial charge in [0.2, 0.25) is 0 Å². The number of rotatable bonds is 3. The molecule has 3 heteroatoms. The van der Waals surface area contributed by atoms with E-state index in [1.54, 1.807) is 0 Å². The van der Waals surface area contributed by atoms with Gasteiger partial charge < -0.3 is 10.2 Å². The van der Waals surface area contributed by atoms with E-state index in [1.165, 1.54) is 22.3 Å². The summed E-state index contributed by atoms with van der Waals surface area (Å²) < 4.78 is 0. The van der Waals surface area contributed by atoms with Crippen LogP contribution < -0.4 is 0 Å². The van der Waals surface area contributed by atoms with Crippen LogP contribution in [0.15, 0.2) is 42.5 Å². The first-order valence-electron chi connectivity index (χ1n) is 7.13. The lowest BCUT2D eigenvalue weighted by Crippen LogP contribution is -2.21. The van der Waals surface area contributed by atoms with Crippen LogP contribution in [0.5, 0.6) is 0 Å². The maximum absolute atomic E-state index is 10.2. The van der Waals surface area contributed by atoms with Crippen molar-refractivity contribution in [3.05, 3.63) is 59.2 Å². The Morgan fingerprint density at radius 2 is 1.67 bits per heavy atom. The highest BCUT2D eigenvalue weighted by atomic mass is 35.5. The van der Waals surface area contributed by atoms with Crippen molar-refractivity contribution in [1.82, 2.24) is 0 Å². The highest BCUT2D eigenvalue weighted by molar-refractivity contribution is 6.18. The van der Waals surface area contributed by atoms with Gasteiger partial charge in [0, 0.05) is 5.41 Å². The fraction of sp³-hybridized carbons (Fsp3) is 0.333. The minimum absolute atomic E-state index is 0.0157. The Labute approximate surface area is 130 Å². The smallest absolute Gasteiger partial charge is 0.106 e. The molecule has 2 aromatic rings. The van der Waals surface area contributed by atoms with Gasteiger partial charge in [-0.3, -0.25) is 0 Å². The van der Waals surface area contributed by atoms with Gasteiger partial charge in [0.15, 0.2) is 0 Å². The summed E-state index contributed by atoms with van der Waals surface area (Å²) in [7, 11) is 0. The van der Waals surface area contributed by atoms with Crippen LogP contribution in [0.25, 0.3) is 11.1 Å². The normalized spacial score (nSPS) is 18.0. The fourth-order valence-corrected chi connectivity index (χ4v) is 3.38. The summed E-state index contributed by atoms with van der Waals surface area (Å²) in [4.78, 5) is 0. The van der Waals surface area contributed by atoms with Crippen LogP contribution in [-0.4, -0.2) is 22.2 Å². The molecular weight excluding hydrogens is 284 g/mol. The maximum atomic E-state index is 10.2. The molecule has 0 bridgehead atoms. The highest BCUT2D eigenvalue weighted by Gasteiger charge is 2.35. The van der Waals surface area contributed by atoms with Crippen molar-refractivity contribution in [2.75, 3.05) is 5.88 Å². The third-order valence-electron chi connectivity index (χ3n) is 4.47. The first-order chi connectivity index (χ1) is 9.96. The van der Waals surface area contributed by atoms with Crippen LogP contribution in [0.1, 0.15) is 36.6 Å². The van der Waals surface area contributed by atoms with E-state index in [0.717, 1.165) is 0 Å². The molecule has 0 aliphatic heterocycles. The molecule has 0 fully saturated rings. The standard InChI is InChI=1S/C18H19ClO2/c1-18(2)14-6-4-3-5-12(14)13-8-7-11(9-15(13)18)17(21)16(20)10-19/h3-9,16-17,20-21H,10H2,1-2H3. The maximum Gasteiger partial charge on any atom is 0.106 e. The molecule has 0 aromatic heterocycles. The van der Waals surface area contributed by atoms with E-state index < -0.39 is 12.2 Å². The summed E-state index contributed by atoms with van der Waals surface area (Å²) in [5, 5.41) is 19.9. The molecule has 0 amide bonds. The Morgan fingerprint density at radius 1 is 1.00 bits per heavy atom. The summed E-state index contributed by atoms with van der Waals surface area (Å²) >= 11 is 5.63. The van der Waals surface area contributed by atoms with Crippen molar-refractivity contribution >= 4 is 11.6 Å². The van der Waals surface area contributed by atoms with E-state index >= 15 is 0 Å². The largest absolute Gasteiger partial charge is 0.389 e. The van der Waals surface area contributed by atoms with E-state index in [9.17, 15) is 10.2 Å². The van der Waals surface area contributed by atoms with Gasteiger partial charge in [-0.1, -0.05) is 56.3 Å². The Bertz CT molecular complexity index is 679. The zero-order valence-electron chi connectivity index (χ0n) is 12.2. The average Bonchev–Trinajstić information content (AvgIpc) is 2.74. The Balaban J connectivity index is 2.12. The number of aliphatic hydroxyl groups is 2. The SMILES string of the molecule is CC1(C)c2ccccc2-c2ccc(C(O)C(O)CCl)cc21. The van der Waals surface area contributed by atoms with Crippen molar-refractivity contribution in [3.63, 3.8) is 0 Å². The molecule has 0 saturated heterocycles. The predicted molar refractivity (Wildman–Crippen MR) is 85.7 cm³/mol. The second kappa shape index (κ2) is 5.13. The molecule has 0 radical (unpaired) electrons. The first-order valence-corrected chi connectivity index (χ1v) is 7.66. The first kappa shape index (κ1) is 14.6. The number of aliphatic hydroxyl groups excluding tert-OH is 2. The second-order valence-corrected chi connectivity index (χ2v) is 6.45. The topological polar surface area (TPSA) is 40.5 Å².